The number of ether oxygens (including phenoxy) is 1. The summed E-state index contributed by atoms with van der Waals surface area (Å²) >= 11 is 0. The monoisotopic (exact) mass is 306 g/mol. The highest BCUT2D eigenvalue weighted by molar-refractivity contribution is 5.80. The van der Waals surface area contributed by atoms with E-state index in [0.717, 1.165) is 0 Å². The standard InChI is InChI=1S/C16H16F2N2O2/c1-10(19)16(21)20-9-11-6-7-15(13(18)8-11)22-14-5-3-2-4-12(14)17/h2-8,10H,9,19H2,1H3,(H,20,21). The summed E-state index contributed by atoms with van der Waals surface area (Å²) in [6.45, 7) is 1.71. The van der Waals surface area contributed by atoms with Gasteiger partial charge in [-0.25, -0.2) is 8.78 Å². The zero-order valence-electron chi connectivity index (χ0n) is 12.0. The maximum absolute atomic E-state index is 14.0. The number of hydrogen-bond donors (Lipinski definition) is 2. The molecule has 1 amide bonds. The molecule has 0 bridgehead atoms. The second-order valence-corrected chi connectivity index (χ2v) is 4.80. The molecule has 0 saturated heterocycles. The first kappa shape index (κ1) is 15.9. The van der Waals surface area contributed by atoms with Crippen molar-refractivity contribution in [2.24, 2.45) is 5.73 Å². The number of hydrogen-bond acceptors (Lipinski definition) is 3. The third-order valence-corrected chi connectivity index (χ3v) is 2.93. The van der Waals surface area contributed by atoms with Crippen LogP contribution in [0.15, 0.2) is 42.5 Å². The van der Waals surface area contributed by atoms with E-state index in [2.05, 4.69) is 5.32 Å². The van der Waals surface area contributed by atoms with Crippen LogP contribution in [0.1, 0.15) is 12.5 Å². The smallest absolute Gasteiger partial charge is 0.236 e. The molecule has 1 unspecified atom stereocenters. The van der Waals surface area contributed by atoms with Crippen LogP contribution in [0.25, 0.3) is 0 Å². The number of amides is 1. The quantitative estimate of drug-likeness (QED) is 0.892. The van der Waals surface area contributed by atoms with E-state index in [9.17, 15) is 13.6 Å². The molecule has 3 N–H and O–H groups in total. The molecule has 2 rings (SSSR count). The summed E-state index contributed by atoms with van der Waals surface area (Å²) in [5.41, 5.74) is 5.96. The topological polar surface area (TPSA) is 64.4 Å². The molecule has 0 aliphatic carbocycles. The molecule has 0 saturated carbocycles. The van der Waals surface area contributed by atoms with Crippen molar-refractivity contribution >= 4 is 5.91 Å². The van der Waals surface area contributed by atoms with Gasteiger partial charge in [-0.15, -0.1) is 0 Å². The summed E-state index contributed by atoms with van der Waals surface area (Å²) in [5.74, 6) is -1.69. The number of para-hydroxylation sites is 1. The molecular formula is C16H16F2N2O2. The van der Waals surface area contributed by atoms with E-state index < -0.39 is 17.7 Å². The summed E-state index contributed by atoms with van der Waals surface area (Å²) < 4.78 is 32.6. The van der Waals surface area contributed by atoms with Crippen LogP contribution in [-0.2, 0) is 11.3 Å². The highest BCUT2D eigenvalue weighted by Crippen LogP contribution is 2.27. The van der Waals surface area contributed by atoms with Crippen LogP contribution in [0, 0.1) is 11.6 Å². The van der Waals surface area contributed by atoms with Crippen molar-refractivity contribution in [2.75, 3.05) is 0 Å². The van der Waals surface area contributed by atoms with Crippen molar-refractivity contribution in [1.29, 1.82) is 0 Å². The lowest BCUT2D eigenvalue weighted by Gasteiger charge is -2.10. The Bertz CT molecular complexity index is 675. The molecule has 0 aliphatic heterocycles. The van der Waals surface area contributed by atoms with E-state index in [4.69, 9.17) is 10.5 Å². The lowest BCUT2D eigenvalue weighted by molar-refractivity contribution is -0.122. The number of rotatable bonds is 5. The molecule has 1 atom stereocenters. The first-order valence-corrected chi connectivity index (χ1v) is 6.71. The molecule has 6 heteroatoms. The average molecular weight is 306 g/mol. The van der Waals surface area contributed by atoms with E-state index in [0.29, 0.717) is 5.56 Å². The summed E-state index contributed by atoms with van der Waals surface area (Å²) in [6, 6.07) is 9.30. The lowest BCUT2D eigenvalue weighted by atomic mass is 10.2. The van der Waals surface area contributed by atoms with Gasteiger partial charge in [0, 0.05) is 6.54 Å². The molecule has 4 nitrogen and oxygen atoms in total. The summed E-state index contributed by atoms with van der Waals surface area (Å²) in [7, 11) is 0. The van der Waals surface area contributed by atoms with Crippen LogP contribution < -0.4 is 15.8 Å². The molecule has 22 heavy (non-hydrogen) atoms. The molecule has 2 aromatic carbocycles. The van der Waals surface area contributed by atoms with Gasteiger partial charge in [0.2, 0.25) is 5.91 Å². The highest BCUT2D eigenvalue weighted by Gasteiger charge is 2.10. The minimum absolute atomic E-state index is 0.0561. The van der Waals surface area contributed by atoms with Gasteiger partial charge in [-0.05, 0) is 36.8 Å². The number of carbonyl (C=O) groups excluding carboxylic acids is 1. The first-order chi connectivity index (χ1) is 10.5. The van der Waals surface area contributed by atoms with Crippen LogP contribution in [0.5, 0.6) is 11.5 Å². The number of nitrogens with two attached hydrogens (primary N) is 1. The zero-order chi connectivity index (χ0) is 16.1. The molecule has 0 fully saturated rings. The molecular weight excluding hydrogens is 290 g/mol. The maximum Gasteiger partial charge on any atom is 0.236 e. The average Bonchev–Trinajstić information content (AvgIpc) is 2.49. The van der Waals surface area contributed by atoms with E-state index in [1.54, 1.807) is 19.1 Å². The summed E-state index contributed by atoms with van der Waals surface area (Å²) in [5, 5.41) is 2.57. The van der Waals surface area contributed by atoms with Crippen molar-refractivity contribution in [3.63, 3.8) is 0 Å². The van der Waals surface area contributed by atoms with Gasteiger partial charge < -0.3 is 15.8 Å². The SMILES string of the molecule is CC(N)C(=O)NCc1ccc(Oc2ccccc2F)c(F)c1. The van der Waals surface area contributed by atoms with Gasteiger partial charge in [-0.1, -0.05) is 18.2 Å². The summed E-state index contributed by atoms with van der Waals surface area (Å²) in [4.78, 5) is 11.4. The predicted molar refractivity (Wildman–Crippen MR) is 78.4 cm³/mol. The van der Waals surface area contributed by atoms with Crippen LogP contribution in [0.2, 0.25) is 0 Å². The number of benzene rings is 2. The van der Waals surface area contributed by atoms with Crippen molar-refractivity contribution in [1.82, 2.24) is 5.32 Å². The third-order valence-electron chi connectivity index (χ3n) is 2.93. The molecule has 116 valence electrons. The fourth-order valence-corrected chi connectivity index (χ4v) is 1.73. The molecule has 0 aromatic heterocycles. The van der Waals surface area contributed by atoms with Crippen LogP contribution in [-0.4, -0.2) is 11.9 Å². The van der Waals surface area contributed by atoms with Crippen molar-refractivity contribution < 1.29 is 18.3 Å². The van der Waals surface area contributed by atoms with Gasteiger partial charge in [0.25, 0.3) is 0 Å². The van der Waals surface area contributed by atoms with Gasteiger partial charge >= 0.3 is 0 Å². The fraction of sp³-hybridized carbons (Fsp3) is 0.188. The highest BCUT2D eigenvalue weighted by atomic mass is 19.1. The third kappa shape index (κ3) is 4.02. The molecule has 0 aliphatic rings. The van der Waals surface area contributed by atoms with E-state index in [1.165, 1.54) is 30.3 Å². The molecule has 0 heterocycles. The maximum atomic E-state index is 14.0. The Balaban J connectivity index is 2.07. The van der Waals surface area contributed by atoms with Crippen LogP contribution >= 0.6 is 0 Å². The number of halogens is 2. The van der Waals surface area contributed by atoms with Crippen LogP contribution in [0.3, 0.4) is 0 Å². The second-order valence-electron chi connectivity index (χ2n) is 4.80. The van der Waals surface area contributed by atoms with Crippen molar-refractivity contribution in [2.45, 2.75) is 19.5 Å². The molecule has 0 spiro atoms. The van der Waals surface area contributed by atoms with Crippen LogP contribution in [0.4, 0.5) is 8.78 Å². The largest absolute Gasteiger partial charge is 0.451 e. The van der Waals surface area contributed by atoms with Gasteiger partial charge in [0.1, 0.15) is 0 Å². The van der Waals surface area contributed by atoms with Gasteiger partial charge in [0.05, 0.1) is 6.04 Å². The lowest BCUT2D eigenvalue weighted by Crippen LogP contribution is -2.37. The zero-order valence-corrected chi connectivity index (χ0v) is 12.0. The van der Waals surface area contributed by atoms with Crippen molar-refractivity contribution in [3.05, 3.63) is 59.7 Å². The Hall–Kier alpha value is -2.47. The van der Waals surface area contributed by atoms with E-state index in [-0.39, 0.29) is 24.0 Å². The Morgan fingerprint density at radius 2 is 1.86 bits per heavy atom. The molecule has 0 radical (unpaired) electrons. The Labute approximate surface area is 126 Å². The minimum atomic E-state index is -0.643. The van der Waals surface area contributed by atoms with E-state index >= 15 is 0 Å². The van der Waals surface area contributed by atoms with Crippen molar-refractivity contribution in [3.8, 4) is 11.5 Å². The normalized spacial score (nSPS) is 11.8. The summed E-state index contributed by atoms with van der Waals surface area (Å²) in [6.07, 6.45) is 0. The van der Waals surface area contributed by atoms with E-state index in [1.807, 2.05) is 0 Å². The van der Waals surface area contributed by atoms with Gasteiger partial charge in [-0.3, -0.25) is 4.79 Å². The van der Waals surface area contributed by atoms with Gasteiger partial charge in [0.15, 0.2) is 23.1 Å². The Kier molecular flexibility index (Phi) is 5.06. The Morgan fingerprint density at radius 3 is 2.50 bits per heavy atom. The second kappa shape index (κ2) is 7.00. The minimum Gasteiger partial charge on any atom is -0.451 e. The molecule has 2 aromatic rings. The number of nitrogens with one attached hydrogen (secondary N) is 1. The first-order valence-electron chi connectivity index (χ1n) is 6.71. The predicted octanol–water partition coefficient (Wildman–Crippen LogP) is 2.72. The van der Waals surface area contributed by atoms with Gasteiger partial charge in [-0.2, -0.15) is 0 Å². The fourth-order valence-electron chi connectivity index (χ4n) is 1.73. The number of carbonyl (C=O) groups is 1. The Morgan fingerprint density at radius 1 is 1.18 bits per heavy atom.